The van der Waals surface area contributed by atoms with E-state index in [1.165, 1.54) is 0 Å². The van der Waals surface area contributed by atoms with E-state index in [2.05, 4.69) is 10.1 Å². The molecule has 0 saturated carbocycles. The largest absolute Gasteiger partial charge is 0.497 e. The smallest absolute Gasteiger partial charge is 0.264 e. The van der Waals surface area contributed by atoms with Crippen molar-refractivity contribution in [3.05, 3.63) is 58.4 Å². The van der Waals surface area contributed by atoms with Gasteiger partial charge in [-0.2, -0.15) is 4.98 Å². The lowest BCUT2D eigenvalue weighted by Gasteiger charge is -2.06. The highest BCUT2D eigenvalue weighted by molar-refractivity contribution is 6.37. The maximum atomic E-state index is 6.04. The minimum atomic E-state index is 0.0699. The van der Waals surface area contributed by atoms with Crippen molar-refractivity contribution >= 4 is 23.2 Å². The van der Waals surface area contributed by atoms with Crippen LogP contribution in [0.4, 0.5) is 0 Å². The number of halogens is 2. The lowest BCUT2D eigenvalue weighted by Crippen LogP contribution is -1.97. The summed E-state index contributed by atoms with van der Waals surface area (Å²) in [5.74, 6) is 1.87. The molecule has 3 aromatic rings. The Morgan fingerprint density at radius 3 is 2.57 bits per heavy atom. The minimum Gasteiger partial charge on any atom is -0.497 e. The zero-order valence-corrected chi connectivity index (χ0v) is 13.6. The molecule has 0 radical (unpaired) electrons. The van der Waals surface area contributed by atoms with Crippen molar-refractivity contribution in [3.63, 3.8) is 0 Å². The molecule has 1 heterocycles. The second-order valence-corrected chi connectivity index (χ2v) is 5.40. The Bertz CT molecular complexity index is 800. The number of aromatic nitrogens is 2. The zero-order chi connectivity index (χ0) is 16.2. The molecular formula is C16H12Cl2N2O3. The second-order valence-electron chi connectivity index (χ2n) is 4.58. The van der Waals surface area contributed by atoms with Gasteiger partial charge < -0.3 is 14.0 Å². The van der Waals surface area contributed by atoms with Gasteiger partial charge in [0.25, 0.3) is 5.89 Å². The summed E-state index contributed by atoms with van der Waals surface area (Å²) in [6.45, 7) is 0.0699. The van der Waals surface area contributed by atoms with E-state index >= 15 is 0 Å². The van der Waals surface area contributed by atoms with Gasteiger partial charge in [-0.15, -0.1) is 0 Å². The van der Waals surface area contributed by atoms with Gasteiger partial charge in [-0.25, -0.2) is 0 Å². The molecule has 0 saturated heterocycles. The van der Waals surface area contributed by atoms with E-state index < -0.39 is 0 Å². The zero-order valence-electron chi connectivity index (χ0n) is 12.1. The molecule has 1 aromatic heterocycles. The molecule has 3 rings (SSSR count). The molecule has 0 aliphatic carbocycles. The van der Waals surface area contributed by atoms with Gasteiger partial charge in [0.2, 0.25) is 5.82 Å². The Morgan fingerprint density at radius 2 is 1.83 bits per heavy atom. The first-order chi connectivity index (χ1) is 11.2. The van der Waals surface area contributed by atoms with E-state index in [0.717, 1.165) is 5.56 Å². The number of methoxy groups -OCH3 is 1. The summed E-state index contributed by atoms with van der Waals surface area (Å²) >= 11 is 12.1. The third-order valence-corrected chi connectivity index (χ3v) is 3.65. The maximum Gasteiger partial charge on any atom is 0.264 e. The highest BCUT2D eigenvalue weighted by atomic mass is 35.5. The van der Waals surface area contributed by atoms with Crippen LogP contribution in [-0.4, -0.2) is 17.3 Å². The van der Waals surface area contributed by atoms with Crippen molar-refractivity contribution in [1.29, 1.82) is 0 Å². The summed E-state index contributed by atoms with van der Waals surface area (Å²) in [4.78, 5) is 4.29. The summed E-state index contributed by atoms with van der Waals surface area (Å²) in [5, 5.41) is 4.77. The van der Waals surface area contributed by atoms with E-state index in [-0.39, 0.29) is 6.61 Å². The molecule has 118 valence electrons. The number of para-hydroxylation sites is 1. The number of rotatable bonds is 5. The minimum absolute atomic E-state index is 0.0699. The summed E-state index contributed by atoms with van der Waals surface area (Å²) in [6.07, 6.45) is 0. The summed E-state index contributed by atoms with van der Waals surface area (Å²) in [6, 6.07) is 12.5. The van der Waals surface area contributed by atoms with Crippen LogP contribution in [0, 0.1) is 0 Å². The highest BCUT2D eigenvalue weighted by Gasteiger charge is 2.12. The van der Waals surface area contributed by atoms with Crippen LogP contribution < -0.4 is 9.47 Å². The molecule has 23 heavy (non-hydrogen) atoms. The van der Waals surface area contributed by atoms with Gasteiger partial charge in [0.1, 0.15) is 5.75 Å². The standard InChI is InChI=1S/C16H12Cl2N2O3/c1-21-11-5-2-4-10(8-11)16-19-14(23-20-16)9-22-15-12(17)6-3-7-13(15)18/h2-8H,9H2,1H3. The molecule has 5 nitrogen and oxygen atoms in total. The number of hydrogen-bond donors (Lipinski definition) is 0. The maximum absolute atomic E-state index is 6.04. The van der Waals surface area contributed by atoms with Crippen molar-refractivity contribution in [2.75, 3.05) is 7.11 Å². The van der Waals surface area contributed by atoms with E-state index in [9.17, 15) is 0 Å². The normalized spacial score (nSPS) is 10.6. The fourth-order valence-electron chi connectivity index (χ4n) is 1.95. The lowest BCUT2D eigenvalue weighted by atomic mass is 10.2. The van der Waals surface area contributed by atoms with Crippen molar-refractivity contribution in [1.82, 2.24) is 10.1 Å². The van der Waals surface area contributed by atoms with E-state index in [1.54, 1.807) is 25.3 Å². The summed E-state index contributed by atoms with van der Waals surface area (Å²) in [7, 11) is 1.60. The Labute approximate surface area is 142 Å². The number of benzene rings is 2. The van der Waals surface area contributed by atoms with E-state index in [4.69, 9.17) is 37.2 Å². The Kier molecular flexibility index (Phi) is 4.69. The van der Waals surface area contributed by atoms with Crippen LogP contribution in [0.1, 0.15) is 5.89 Å². The quantitative estimate of drug-likeness (QED) is 0.671. The third kappa shape index (κ3) is 3.57. The molecular weight excluding hydrogens is 339 g/mol. The molecule has 0 spiro atoms. The van der Waals surface area contributed by atoms with Crippen LogP contribution in [0.3, 0.4) is 0 Å². The van der Waals surface area contributed by atoms with Crippen LogP contribution in [0.25, 0.3) is 11.4 Å². The molecule has 0 N–H and O–H groups in total. The summed E-state index contributed by atoms with van der Waals surface area (Å²) < 4.78 is 15.9. The van der Waals surface area contributed by atoms with Gasteiger partial charge >= 0.3 is 0 Å². The predicted molar refractivity (Wildman–Crippen MR) is 87.1 cm³/mol. The van der Waals surface area contributed by atoms with Gasteiger partial charge in [0, 0.05) is 5.56 Å². The monoisotopic (exact) mass is 350 g/mol. The second kappa shape index (κ2) is 6.89. The molecule has 7 heteroatoms. The lowest BCUT2D eigenvalue weighted by molar-refractivity contribution is 0.243. The van der Waals surface area contributed by atoms with Gasteiger partial charge in [0.05, 0.1) is 17.2 Å². The van der Waals surface area contributed by atoms with Gasteiger partial charge in [0.15, 0.2) is 12.4 Å². The van der Waals surface area contributed by atoms with Crippen LogP contribution in [-0.2, 0) is 6.61 Å². The number of hydrogen-bond acceptors (Lipinski definition) is 5. The first-order valence-corrected chi connectivity index (χ1v) is 7.47. The molecule has 0 bridgehead atoms. The predicted octanol–water partition coefficient (Wildman–Crippen LogP) is 4.63. The molecule has 2 aromatic carbocycles. The fraction of sp³-hybridized carbons (Fsp3) is 0.125. The Balaban J connectivity index is 1.75. The summed E-state index contributed by atoms with van der Waals surface area (Å²) in [5.41, 5.74) is 0.787. The average molecular weight is 351 g/mol. The van der Waals surface area contributed by atoms with Crippen molar-refractivity contribution in [3.8, 4) is 22.9 Å². The molecule has 0 fully saturated rings. The van der Waals surface area contributed by atoms with Crippen LogP contribution >= 0.6 is 23.2 Å². The van der Waals surface area contributed by atoms with Crippen molar-refractivity contribution < 1.29 is 14.0 Å². The fourth-order valence-corrected chi connectivity index (χ4v) is 2.45. The molecule has 0 aliphatic rings. The Morgan fingerprint density at radius 1 is 1.09 bits per heavy atom. The molecule has 0 atom stereocenters. The third-order valence-electron chi connectivity index (χ3n) is 3.05. The van der Waals surface area contributed by atoms with Crippen molar-refractivity contribution in [2.45, 2.75) is 6.61 Å². The van der Waals surface area contributed by atoms with Gasteiger partial charge in [-0.05, 0) is 24.3 Å². The SMILES string of the molecule is COc1cccc(-c2noc(COc3c(Cl)cccc3Cl)n2)c1. The van der Waals surface area contributed by atoms with Crippen LogP contribution in [0.2, 0.25) is 10.0 Å². The number of ether oxygens (including phenoxy) is 2. The van der Waals surface area contributed by atoms with Crippen LogP contribution in [0.15, 0.2) is 47.0 Å². The van der Waals surface area contributed by atoms with Crippen LogP contribution in [0.5, 0.6) is 11.5 Å². The molecule has 0 aliphatic heterocycles. The highest BCUT2D eigenvalue weighted by Crippen LogP contribution is 2.33. The van der Waals surface area contributed by atoms with E-state index in [1.807, 2.05) is 24.3 Å². The van der Waals surface area contributed by atoms with Crippen molar-refractivity contribution in [2.24, 2.45) is 0 Å². The first-order valence-electron chi connectivity index (χ1n) is 6.71. The molecule has 0 unspecified atom stereocenters. The topological polar surface area (TPSA) is 57.4 Å². The van der Waals surface area contributed by atoms with E-state index in [0.29, 0.717) is 33.3 Å². The Hall–Kier alpha value is -2.24. The van der Waals surface area contributed by atoms with Gasteiger partial charge in [-0.3, -0.25) is 0 Å². The average Bonchev–Trinajstić information content (AvgIpc) is 3.03. The van der Waals surface area contributed by atoms with Gasteiger partial charge in [-0.1, -0.05) is 46.6 Å². The molecule has 0 amide bonds. The first kappa shape index (κ1) is 15.6. The number of nitrogens with zero attached hydrogens (tertiary/aromatic N) is 2.